The Morgan fingerprint density at radius 2 is 1.71 bits per heavy atom. The Morgan fingerprint density at radius 3 is 2.38 bits per heavy atom. The number of likely N-dealkylation sites (N-methyl/N-ethyl adjacent to an activating group) is 1. The number of carbonyl (C=O) groups is 2. The Morgan fingerprint density at radius 1 is 1.08 bits per heavy atom. The first kappa shape index (κ1) is 18.3. The van der Waals surface area contributed by atoms with E-state index in [2.05, 4.69) is 10.6 Å². The lowest BCUT2D eigenvalue weighted by Gasteiger charge is -2.30. The molecule has 1 aliphatic carbocycles. The average molecular weight is 331 g/mol. The number of nitrogens with one attached hydrogen (secondary N) is 2. The van der Waals surface area contributed by atoms with Crippen LogP contribution in [0.1, 0.15) is 50.5 Å². The van der Waals surface area contributed by atoms with E-state index in [9.17, 15) is 9.59 Å². The van der Waals surface area contributed by atoms with Crippen LogP contribution in [-0.2, 0) is 11.2 Å². The van der Waals surface area contributed by atoms with Crippen molar-refractivity contribution < 1.29 is 9.59 Å². The van der Waals surface area contributed by atoms with E-state index in [4.69, 9.17) is 0 Å². The van der Waals surface area contributed by atoms with Crippen LogP contribution in [0.5, 0.6) is 0 Å². The quantitative estimate of drug-likeness (QED) is 0.886. The molecule has 5 heteroatoms. The molecule has 0 aliphatic heterocycles. The van der Waals surface area contributed by atoms with Crippen molar-refractivity contribution >= 4 is 17.6 Å². The van der Waals surface area contributed by atoms with Gasteiger partial charge in [0.15, 0.2) is 0 Å². The lowest BCUT2D eigenvalue weighted by Crippen LogP contribution is -2.40. The van der Waals surface area contributed by atoms with Gasteiger partial charge >= 0.3 is 6.03 Å². The molecule has 0 atom stereocenters. The van der Waals surface area contributed by atoms with Crippen molar-refractivity contribution in [1.82, 2.24) is 10.2 Å². The van der Waals surface area contributed by atoms with Gasteiger partial charge in [0.25, 0.3) is 0 Å². The summed E-state index contributed by atoms with van der Waals surface area (Å²) in [6.45, 7) is 0. The summed E-state index contributed by atoms with van der Waals surface area (Å²) in [5.41, 5.74) is 1.54. The number of hydrogen-bond donors (Lipinski definition) is 2. The molecule has 5 nitrogen and oxygen atoms in total. The van der Waals surface area contributed by atoms with E-state index in [1.165, 1.54) is 32.1 Å². The fourth-order valence-corrected chi connectivity index (χ4v) is 3.25. The molecule has 0 spiro atoms. The van der Waals surface area contributed by atoms with Gasteiger partial charge in [-0.2, -0.15) is 0 Å². The van der Waals surface area contributed by atoms with Crippen molar-refractivity contribution in [2.75, 3.05) is 19.4 Å². The van der Waals surface area contributed by atoms with Crippen molar-refractivity contribution in [3.05, 3.63) is 29.8 Å². The lowest BCUT2D eigenvalue weighted by molar-refractivity contribution is -0.119. The number of hydrogen-bond acceptors (Lipinski definition) is 2. The minimum Gasteiger partial charge on any atom is -0.359 e. The first-order chi connectivity index (χ1) is 11.6. The first-order valence-electron chi connectivity index (χ1n) is 8.94. The molecule has 0 unspecified atom stereocenters. The van der Waals surface area contributed by atoms with Gasteiger partial charge in [0, 0.05) is 25.8 Å². The zero-order chi connectivity index (χ0) is 17.4. The molecule has 0 radical (unpaired) electrons. The van der Waals surface area contributed by atoms with E-state index in [0.29, 0.717) is 11.7 Å². The highest BCUT2D eigenvalue weighted by molar-refractivity contribution is 5.91. The normalized spacial score (nSPS) is 15.9. The van der Waals surface area contributed by atoms with Crippen molar-refractivity contribution in [2.45, 2.75) is 57.4 Å². The zero-order valence-corrected chi connectivity index (χ0v) is 14.8. The second kappa shape index (κ2) is 9.30. The van der Waals surface area contributed by atoms with Crippen molar-refractivity contribution in [3.63, 3.8) is 0 Å². The largest absolute Gasteiger partial charge is 0.359 e. The highest BCUT2D eigenvalue weighted by atomic mass is 16.2. The predicted octanol–water partition coefficient (Wildman–Crippen LogP) is 3.55. The van der Waals surface area contributed by atoms with Gasteiger partial charge in [0.05, 0.1) is 6.42 Å². The van der Waals surface area contributed by atoms with Crippen LogP contribution in [0.4, 0.5) is 10.5 Å². The Balaban J connectivity index is 2.01. The molecule has 0 saturated heterocycles. The van der Waals surface area contributed by atoms with E-state index in [1.807, 2.05) is 36.2 Å². The predicted molar refractivity (Wildman–Crippen MR) is 97.1 cm³/mol. The fraction of sp³-hybridized carbons (Fsp3) is 0.579. The van der Waals surface area contributed by atoms with E-state index < -0.39 is 0 Å². The van der Waals surface area contributed by atoms with Gasteiger partial charge in [-0.15, -0.1) is 0 Å². The maximum atomic E-state index is 12.6. The maximum Gasteiger partial charge on any atom is 0.321 e. The molecule has 2 N–H and O–H groups in total. The number of benzene rings is 1. The molecule has 0 heterocycles. The molecular formula is C19H29N3O2. The van der Waals surface area contributed by atoms with Gasteiger partial charge in [-0.05, 0) is 24.5 Å². The molecule has 132 valence electrons. The summed E-state index contributed by atoms with van der Waals surface area (Å²) < 4.78 is 0. The van der Waals surface area contributed by atoms with Crippen LogP contribution in [-0.4, -0.2) is 37.0 Å². The smallest absolute Gasteiger partial charge is 0.321 e. The zero-order valence-electron chi connectivity index (χ0n) is 14.8. The number of carbonyl (C=O) groups excluding carboxylic acids is 2. The van der Waals surface area contributed by atoms with Gasteiger partial charge in [-0.25, -0.2) is 4.79 Å². The highest BCUT2D eigenvalue weighted by Gasteiger charge is 2.21. The van der Waals surface area contributed by atoms with Crippen molar-refractivity contribution in [2.24, 2.45) is 0 Å². The molecule has 24 heavy (non-hydrogen) atoms. The molecular weight excluding hydrogens is 302 g/mol. The Bertz CT molecular complexity index is 551. The van der Waals surface area contributed by atoms with Crippen molar-refractivity contribution in [3.8, 4) is 0 Å². The minimum absolute atomic E-state index is 0.0647. The van der Waals surface area contributed by atoms with Crippen LogP contribution in [0.2, 0.25) is 0 Å². The second-order valence-corrected chi connectivity index (χ2v) is 6.55. The van der Waals surface area contributed by atoms with Gasteiger partial charge in [0.2, 0.25) is 5.91 Å². The molecule has 1 aliphatic rings. The van der Waals surface area contributed by atoms with E-state index in [1.54, 1.807) is 7.05 Å². The highest BCUT2D eigenvalue weighted by Crippen LogP contribution is 2.22. The van der Waals surface area contributed by atoms with Crippen LogP contribution in [0.15, 0.2) is 24.3 Å². The van der Waals surface area contributed by atoms with E-state index in [0.717, 1.165) is 18.4 Å². The molecule has 3 amide bonds. The number of amides is 3. The van der Waals surface area contributed by atoms with Crippen LogP contribution in [0, 0.1) is 0 Å². The summed E-state index contributed by atoms with van der Waals surface area (Å²) in [6.07, 6.45) is 8.64. The number of anilines is 1. The monoisotopic (exact) mass is 331 g/mol. The Kier molecular flexibility index (Phi) is 7.09. The van der Waals surface area contributed by atoms with Crippen LogP contribution in [0.25, 0.3) is 0 Å². The Labute approximate surface area is 144 Å². The molecule has 1 saturated carbocycles. The summed E-state index contributed by atoms with van der Waals surface area (Å²) in [5, 5.41) is 5.60. The van der Waals surface area contributed by atoms with Gasteiger partial charge in [-0.3, -0.25) is 4.79 Å². The van der Waals surface area contributed by atoms with Gasteiger partial charge in [0.1, 0.15) is 0 Å². The van der Waals surface area contributed by atoms with Crippen LogP contribution >= 0.6 is 0 Å². The molecule has 0 bridgehead atoms. The molecule has 1 aromatic carbocycles. The molecule has 1 fully saturated rings. The topological polar surface area (TPSA) is 61.4 Å². The molecule has 0 aromatic heterocycles. The van der Waals surface area contributed by atoms with Gasteiger partial charge < -0.3 is 15.5 Å². The second-order valence-electron chi connectivity index (χ2n) is 6.55. The number of urea groups is 1. The van der Waals surface area contributed by atoms with Gasteiger partial charge in [-0.1, -0.05) is 50.3 Å². The standard InChI is InChI=1S/C19H29N3O2/c1-20-18(23)14-15-10-8-9-13-17(15)21-19(24)22(2)16-11-6-4-3-5-7-12-16/h8-10,13,16H,3-7,11-12,14H2,1-2H3,(H,20,23)(H,21,24). The average Bonchev–Trinajstić information content (AvgIpc) is 2.55. The summed E-state index contributed by atoms with van der Waals surface area (Å²) in [7, 11) is 3.49. The summed E-state index contributed by atoms with van der Waals surface area (Å²) >= 11 is 0. The van der Waals surface area contributed by atoms with Crippen LogP contribution in [0.3, 0.4) is 0 Å². The lowest BCUT2D eigenvalue weighted by atomic mass is 9.96. The van der Waals surface area contributed by atoms with E-state index >= 15 is 0 Å². The SMILES string of the molecule is CNC(=O)Cc1ccccc1NC(=O)N(C)C1CCCCCCC1. The summed E-state index contributed by atoms with van der Waals surface area (Å²) in [6, 6.07) is 7.69. The number of para-hydroxylation sites is 1. The minimum atomic E-state index is -0.0927. The Hall–Kier alpha value is -2.04. The summed E-state index contributed by atoms with van der Waals surface area (Å²) in [5.74, 6) is -0.0647. The third-order valence-corrected chi connectivity index (χ3v) is 4.83. The maximum absolute atomic E-state index is 12.6. The summed E-state index contributed by atoms with van der Waals surface area (Å²) in [4.78, 5) is 26.1. The van der Waals surface area contributed by atoms with Crippen molar-refractivity contribution in [1.29, 1.82) is 0 Å². The molecule has 2 rings (SSSR count). The van der Waals surface area contributed by atoms with E-state index in [-0.39, 0.29) is 18.4 Å². The number of nitrogens with zero attached hydrogens (tertiary/aromatic N) is 1. The molecule has 1 aromatic rings. The van der Waals surface area contributed by atoms with Crippen LogP contribution < -0.4 is 10.6 Å². The number of rotatable bonds is 4. The fourth-order valence-electron chi connectivity index (χ4n) is 3.25. The third kappa shape index (κ3) is 5.25. The first-order valence-corrected chi connectivity index (χ1v) is 8.94. The third-order valence-electron chi connectivity index (χ3n) is 4.83.